The molecule has 45 heavy (non-hydrogen) atoms. The van der Waals surface area contributed by atoms with E-state index in [0.29, 0.717) is 34.9 Å². The number of carbonyl (C=O) groups is 2. The molecule has 0 aliphatic rings. The number of phenolic OH excluding ortho intramolecular Hbond substituents is 1. The average Bonchev–Trinajstić information content (AvgIpc) is 3.03. The van der Waals surface area contributed by atoms with E-state index >= 15 is 0 Å². The van der Waals surface area contributed by atoms with Crippen LogP contribution in [0, 0.1) is 25.2 Å². The Balaban J connectivity index is 1.61. The maximum atomic E-state index is 13.6. The molecule has 3 amide bonds. The van der Waals surface area contributed by atoms with Gasteiger partial charge in [-0.05, 0) is 86.8 Å². The van der Waals surface area contributed by atoms with Gasteiger partial charge in [-0.1, -0.05) is 31.0 Å². The zero-order valence-corrected chi connectivity index (χ0v) is 25.6. The zero-order chi connectivity index (χ0) is 32.3. The largest absolute Gasteiger partial charge is 0.506 e. The molecule has 0 aromatic heterocycles. The third-order valence-corrected chi connectivity index (χ3v) is 6.88. The van der Waals surface area contributed by atoms with Crippen LogP contribution in [0.25, 0.3) is 0 Å². The van der Waals surface area contributed by atoms with Gasteiger partial charge in [0.2, 0.25) is 0 Å². The van der Waals surface area contributed by atoms with E-state index in [1.165, 1.54) is 12.1 Å². The number of anilines is 3. The van der Waals surface area contributed by atoms with Gasteiger partial charge in [-0.2, -0.15) is 5.26 Å². The van der Waals surface area contributed by atoms with Gasteiger partial charge in [0, 0.05) is 17.8 Å². The summed E-state index contributed by atoms with van der Waals surface area (Å²) in [7, 11) is 1.56. The van der Waals surface area contributed by atoms with Crippen molar-refractivity contribution in [3.63, 3.8) is 0 Å². The van der Waals surface area contributed by atoms with Crippen LogP contribution in [0.3, 0.4) is 0 Å². The number of hydrogen-bond acceptors (Lipinski definition) is 7. The molecule has 0 radical (unpaired) electrons. The van der Waals surface area contributed by atoms with Gasteiger partial charge in [0.1, 0.15) is 23.0 Å². The van der Waals surface area contributed by atoms with E-state index in [2.05, 4.69) is 16.0 Å². The summed E-state index contributed by atoms with van der Waals surface area (Å²) in [6.07, 6.45) is 1.31. The molecule has 0 aliphatic carbocycles. The Morgan fingerprint density at radius 3 is 2.22 bits per heavy atom. The van der Waals surface area contributed by atoms with Gasteiger partial charge < -0.3 is 35.3 Å². The SMILES string of the molecule is CCCCC(Oc1ccc(C)cc1C)C(=O)Nc1cc(O)c(NC(=O)Nc2ccc(C#N)cc2)cc1Oc1ccc(OC)cc1. The van der Waals surface area contributed by atoms with Crippen LogP contribution >= 0.6 is 0 Å². The van der Waals surface area contributed by atoms with Gasteiger partial charge >= 0.3 is 6.03 Å². The number of nitrogens with one attached hydrogen (secondary N) is 3. The molecule has 0 bridgehead atoms. The van der Waals surface area contributed by atoms with Gasteiger partial charge in [0.05, 0.1) is 30.1 Å². The van der Waals surface area contributed by atoms with Crippen LogP contribution in [0.5, 0.6) is 28.7 Å². The molecule has 0 spiro atoms. The van der Waals surface area contributed by atoms with Crippen molar-refractivity contribution in [2.24, 2.45) is 0 Å². The zero-order valence-electron chi connectivity index (χ0n) is 25.6. The van der Waals surface area contributed by atoms with E-state index in [-0.39, 0.29) is 22.9 Å². The molecule has 4 rings (SSSR count). The Morgan fingerprint density at radius 2 is 1.58 bits per heavy atom. The third-order valence-electron chi connectivity index (χ3n) is 6.88. The normalized spacial score (nSPS) is 11.1. The first-order valence-corrected chi connectivity index (χ1v) is 14.5. The summed E-state index contributed by atoms with van der Waals surface area (Å²) >= 11 is 0. The number of ether oxygens (including phenoxy) is 3. The van der Waals surface area contributed by atoms with Crippen molar-refractivity contribution in [1.29, 1.82) is 5.26 Å². The van der Waals surface area contributed by atoms with Gasteiger partial charge in [0.25, 0.3) is 5.91 Å². The second-order valence-electron chi connectivity index (χ2n) is 10.4. The summed E-state index contributed by atoms with van der Waals surface area (Å²) in [5.41, 5.74) is 3.12. The van der Waals surface area contributed by atoms with Crippen LogP contribution in [0.2, 0.25) is 0 Å². The van der Waals surface area contributed by atoms with Crippen molar-refractivity contribution in [2.75, 3.05) is 23.1 Å². The molecular formula is C35H36N4O6. The number of amides is 3. The summed E-state index contributed by atoms with van der Waals surface area (Å²) in [5, 5.41) is 28.0. The number of nitriles is 1. The Kier molecular flexibility index (Phi) is 10.9. The predicted molar refractivity (Wildman–Crippen MR) is 173 cm³/mol. The van der Waals surface area contributed by atoms with Crippen molar-refractivity contribution >= 4 is 29.0 Å². The van der Waals surface area contributed by atoms with E-state index in [4.69, 9.17) is 19.5 Å². The van der Waals surface area contributed by atoms with E-state index in [9.17, 15) is 14.7 Å². The Bertz CT molecular complexity index is 1680. The molecule has 0 fully saturated rings. The second kappa shape index (κ2) is 15.2. The quantitative estimate of drug-likeness (QED) is 0.120. The number of methoxy groups -OCH3 is 1. The minimum atomic E-state index is -0.807. The van der Waals surface area contributed by atoms with Crippen molar-refractivity contribution < 1.29 is 28.9 Å². The summed E-state index contributed by atoms with van der Waals surface area (Å²) in [6, 6.07) is 23.0. The van der Waals surface area contributed by atoms with E-state index < -0.39 is 18.0 Å². The first-order chi connectivity index (χ1) is 21.7. The molecule has 0 heterocycles. The minimum absolute atomic E-state index is 0.0386. The minimum Gasteiger partial charge on any atom is -0.506 e. The first-order valence-electron chi connectivity index (χ1n) is 14.5. The summed E-state index contributed by atoms with van der Waals surface area (Å²) in [4.78, 5) is 26.4. The molecule has 232 valence electrons. The lowest BCUT2D eigenvalue weighted by Crippen LogP contribution is -2.33. The van der Waals surface area contributed by atoms with Gasteiger partial charge in [-0.3, -0.25) is 4.79 Å². The maximum Gasteiger partial charge on any atom is 0.323 e. The molecule has 0 saturated carbocycles. The number of benzene rings is 4. The molecule has 10 heteroatoms. The number of rotatable bonds is 12. The third kappa shape index (κ3) is 8.91. The van der Waals surface area contributed by atoms with Crippen LogP contribution in [-0.4, -0.2) is 30.3 Å². The smallest absolute Gasteiger partial charge is 0.323 e. The second-order valence-corrected chi connectivity index (χ2v) is 10.4. The number of aromatic hydroxyl groups is 1. The fourth-order valence-corrected chi connectivity index (χ4v) is 4.47. The highest BCUT2D eigenvalue weighted by Gasteiger charge is 2.24. The molecule has 0 aliphatic heterocycles. The number of nitrogens with zero attached hydrogens (tertiary/aromatic N) is 1. The number of phenols is 1. The Labute approximate surface area is 262 Å². The fourth-order valence-electron chi connectivity index (χ4n) is 4.47. The molecular weight excluding hydrogens is 572 g/mol. The van der Waals surface area contributed by atoms with Gasteiger partial charge in [0.15, 0.2) is 11.9 Å². The van der Waals surface area contributed by atoms with Crippen molar-refractivity contribution in [3.8, 4) is 34.8 Å². The van der Waals surface area contributed by atoms with Crippen LogP contribution < -0.4 is 30.2 Å². The van der Waals surface area contributed by atoms with E-state index in [1.54, 1.807) is 55.6 Å². The number of urea groups is 1. The lowest BCUT2D eigenvalue weighted by Gasteiger charge is -2.21. The van der Waals surface area contributed by atoms with Crippen LogP contribution in [-0.2, 0) is 4.79 Å². The predicted octanol–water partition coefficient (Wildman–Crippen LogP) is 7.90. The number of hydrogen-bond donors (Lipinski definition) is 4. The van der Waals surface area contributed by atoms with Crippen LogP contribution in [0.15, 0.2) is 78.9 Å². The maximum absolute atomic E-state index is 13.6. The van der Waals surface area contributed by atoms with E-state index in [0.717, 1.165) is 24.0 Å². The molecule has 1 unspecified atom stereocenters. The lowest BCUT2D eigenvalue weighted by molar-refractivity contribution is -0.123. The Morgan fingerprint density at radius 1 is 0.867 bits per heavy atom. The summed E-state index contributed by atoms with van der Waals surface area (Å²) in [5.74, 6) is 1.12. The van der Waals surface area contributed by atoms with Crippen LogP contribution in [0.1, 0.15) is 42.9 Å². The molecule has 4 aromatic rings. The van der Waals surface area contributed by atoms with Crippen molar-refractivity contribution in [1.82, 2.24) is 0 Å². The van der Waals surface area contributed by atoms with E-state index in [1.807, 2.05) is 45.0 Å². The van der Waals surface area contributed by atoms with Crippen molar-refractivity contribution in [3.05, 3.63) is 95.6 Å². The molecule has 4 aromatic carbocycles. The first kappa shape index (κ1) is 32.2. The molecule has 1 atom stereocenters. The van der Waals surface area contributed by atoms with Gasteiger partial charge in [-0.15, -0.1) is 0 Å². The van der Waals surface area contributed by atoms with Crippen molar-refractivity contribution in [2.45, 2.75) is 46.1 Å². The standard InChI is InChI=1S/C35H36N4O6/c1-5-6-7-32(45-31-17-8-22(2)18-23(31)3)34(41)38-29-19-30(40)28(20-33(29)44-27-15-13-26(43-4)14-16-27)39-35(42)37-25-11-9-24(21-36)10-12-25/h8-20,32,40H,5-7H2,1-4H3,(H,38,41)(H2,37,39,42). The van der Waals surface area contributed by atoms with Gasteiger partial charge in [-0.25, -0.2) is 4.79 Å². The summed E-state index contributed by atoms with van der Waals surface area (Å²) in [6.45, 7) is 5.96. The number of aryl methyl sites for hydroxylation is 2. The lowest BCUT2D eigenvalue weighted by atomic mass is 10.1. The topological polar surface area (TPSA) is 142 Å². The average molecular weight is 609 g/mol. The highest BCUT2D eigenvalue weighted by Crippen LogP contribution is 2.39. The highest BCUT2D eigenvalue weighted by atomic mass is 16.5. The number of carbonyl (C=O) groups excluding carboxylic acids is 2. The molecule has 4 N–H and O–H groups in total. The van der Waals surface area contributed by atoms with Crippen LogP contribution in [0.4, 0.5) is 21.9 Å². The number of unbranched alkanes of at least 4 members (excludes halogenated alkanes) is 1. The summed E-state index contributed by atoms with van der Waals surface area (Å²) < 4.78 is 17.5. The highest BCUT2D eigenvalue weighted by molar-refractivity contribution is 6.02. The molecule has 10 nitrogen and oxygen atoms in total. The molecule has 0 saturated heterocycles. The Hall–Kier alpha value is -5.69. The fraction of sp³-hybridized carbons (Fsp3) is 0.229. The monoisotopic (exact) mass is 608 g/mol.